The maximum Gasteiger partial charge on any atom is 0.223 e. The van der Waals surface area contributed by atoms with Crippen LogP contribution in [0.1, 0.15) is 28.6 Å². The quantitative estimate of drug-likeness (QED) is 0.777. The molecule has 0 aliphatic carbocycles. The standard InChI is InChI=1S/C19H20N4/c1-14-6-8-16(9-7-14)13-18(17-5-3-4-11-20-17)23-19-21-12-10-15(2)22-19/h3-12,18H,13H2,1-2H3,(H,21,22,23). The van der Waals surface area contributed by atoms with Crippen molar-refractivity contribution in [3.63, 3.8) is 0 Å². The van der Waals surface area contributed by atoms with Gasteiger partial charge in [0.05, 0.1) is 11.7 Å². The van der Waals surface area contributed by atoms with Crippen molar-refractivity contribution in [2.24, 2.45) is 0 Å². The zero-order valence-electron chi connectivity index (χ0n) is 13.4. The van der Waals surface area contributed by atoms with E-state index in [9.17, 15) is 0 Å². The van der Waals surface area contributed by atoms with E-state index in [1.165, 1.54) is 11.1 Å². The van der Waals surface area contributed by atoms with Gasteiger partial charge in [-0.1, -0.05) is 35.9 Å². The molecule has 0 fully saturated rings. The van der Waals surface area contributed by atoms with E-state index in [1.54, 1.807) is 6.20 Å². The summed E-state index contributed by atoms with van der Waals surface area (Å²) in [5.74, 6) is 0.632. The van der Waals surface area contributed by atoms with Gasteiger partial charge in [-0.3, -0.25) is 4.98 Å². The van der Waals surface area contributed by atoms with E-state index in [1.807, 2.05) is 37.4 Å². The van der Waals surface area contributed by atoms with Crippen LogP contribution in [0.5, 0.6) is 0 Å². The van der Waals surface area contributed by atoms with E-state index in [0.29, 0.717) is 5.95 Å². The van der Waals surface area contributed by atoms with Crippen molar-refractivity contribution in [3.8, 4) is 0 Å². The van der Waals surface area contributed by atoms with Crippen molar-refractivity contribution in [3.05, 3.63) is 83.4 Å². The van der Waals surface area contributed by atoms with Gasteiger partial charge in [0, 0.05) is 18.1 Å². The van der Waals surface area contributed by atoms with E-state index in [0.717, 1.165) is 17.8 Å². The van der Waals surface area contributed by atoms with Crippen LogP contribution in [0, 0.1) is 13.8 Å². The molecule has 116 valence electrons. The van der Waals surface area contributed by atoms with Crippen LogP contribution in [0.3, 0.4) is 0 Å². The number of benzene rings is 1. The third kappa shape index (κ3) is 4.13. The van der Waals surface area contributed by atoms with E-state index < -0.39 is 0 Å². The number of nitrogens with one attached hydrogen (secondary N) is 1. The Morgan fingerprint density at radius 2 is 1.74 bits per heavy atom. The van der Waals surface area contributed by atoms with E-state index in [2.05, 4.69) is 51.5 Å². The fraction of sp³-hybridized carbons (Fsp3) is 0.211. The van der Waals surface area contributed by atoms with Crippen molar-refractivity contribution in [1.82, 2.24) is 15.0 Å². The Morgan fingerprint density at radius 3 is 2.43 bits per heavy atom. The summed E-state index contributed by atoms with van der Waals surface area (Å²) in [5, 5.41) is 3.41. The molecule has 23 heavy (non-hydrogen) atoms. The highest BCUT2D eigenvalue weighted by molar-refractivity contribution is 5.32. The minimum absolute atomic E-state index is 0.0284. The molecule has 0 aliphatic heterocycles. The number of rotatable bonds is 5. The second-order valence-electron chi connectivity index (χ2n) is 5.66. The summed E-state index contributed by atoms with van der Waals surface area (Å²) in [4.78, 5) is 13.2. The second-order valence-corrected chi connectivity index (χ2v) is 5.66. The molecular weight excluding hydrogens is 284 g/mol. The lowest BCUT2D eigenvalue weighted by Crippen LogP contribution is -2.17. The average Bonchev–Trinajstić information content (AvgIpc) is 2.57. The summed E-state index contributed by atoms with van der Waals surface area (Å²) in [6.07, 6.45) is 4.41. The number of aryl methyl sites for hydroxylation is 2. The molecule has 1 aromatic carbocycles. The topological polar surface area (TPSA) is 50.7 Å². The molecule has 3 rings (SSSR count). The first-order chi connectivity index (χ1) is 11.2. The molecule has 1 N–H and O–H groups in total. The number of hydrogen-bond acceptors (Lipinski definition) is 4. The largest absolute Gasteiger partial charge is 0.346 e. The van der Waals surface area contributed by atoms with Gasteiger partial charge < -0.3 is 5.32 Å². The van der Waals surface area contributed by atoms with E-state index in [4.69, 9.17) is 0 Å². The van der Waals surface area contributed by atoms with Crippen molar-refractivity contribution in [2.75, 3.05) is 5.32 Å². The summed E-state index contributed by atoms with van der Waals surface area (Å²) >= 11 is 0. The molecule has 4 heteroatoms. The Labute approximate surface area is 136 Å². The maximum atomic E-state index is 4.49. The zero-order chi connectivity index (χ0) is 16.1. The second kappa shape index (κ2) is 7.01. The highest BCUT2D eigenvalue weighted by Crippen LogP contribution is 2.20. The summed E-state index contributed by atoms with van der Waals surface area (Å²) in [6, 6.07) is 16.5. The Balaban J connectivity index is 1.86. The van der Waals surface area contributed by atoms with Gasteiger partial charge in [0.25, 0.3) is 0 Å². The van der Waals surface area contributed by atoms with Gasteiger partial charge in [-0.2, -0.15) is 0 Å². The summed E-state index contributed by atoms with van der Waals surface area (Å²) < 4.78 is 0. The van der Waals surface area contributed by atoms with Crippen LogP contribution in [-0.2, 0) is 6.42 Å². The van der Waals surface area contributed by atoms with Crippen molar-refractivity contribution in [2.45, 2.75) is 26.3 Å². The monoisotopic (exact) mass is 304 g/mol. The van der Waals surface area contributed by atoms with Gasteiger partial charge >= 0.3 is 0 Å². The van der Waals surface area contributed by atoms with Gasteiger partial charge in [0.15, 0.2) is 0 Å². The number of anilines is 1. The Morgan fingerprint density at radius 1 is 0.913 bits per heavy atom. The average molecular weight is 304 g/mol. The molecule has 0 radical (unpaired) electrons. The highest BCUT2D eigenvalue weighted by atomic mass is 15.1. The van der Waals surface area contributed by atoms with Crippen LogP contribution in [0.15, 0.2) is 60.9 Å². The molecule has 0 saturated heterocycles. The molecule has 0 saturated carbocycles. The molecule has 2 heterocycles. The first-order valence-corrected chi connectivity index (χ1v) is 7.73. The lowest BCUT2D eigenvalue weighted by molar-refractivity contribution is 0.734. The molecule has 3 aromatic rings. The summed E-state index contributed by atoms with van der Waals surface area (Å²) in [5.41, 5.74) is 4.44. The third-order valence-electron chi connectivity index (χ3n) is 3.70. The minimum Gasteiger partial charge on any atom is -0.346 e. The van der Waals surface area contributed by atoms with Crippen LogP contribution in [0.2, 0.25) is 0 Å². The van der Waals surface area contributed by atoms with E-state index >= 15 is 0 Å². The third-order valence-corrected chi connectivity index (χ3v) is 3.70. The smallest absolute Gasteiger partial charge is 0.223 e. The SMILES string of the molecule is Cc1ccc(CC(Nc2nccc(C)n2)c2ccccn2)cc1. The fourth-order valence-electron chi connectivity index (χ4n) is 2.45. The molecule has 1 atom stereocenters. The van der Waals surface area contributed by atoms with Crippen molar-refractivity contribution in [1.29, 1.82) is 0 Å². The maximum absolute atomic E-state index is 4.49. The summed E-state index contributed by atoms with van der Waals surface area (Å²) in [7, 11) is 0. The number of hydrogen-bond donors (Lipinski definition) is 1. The lowest BCUT2D eigenvalue weighted by atomic mass is 10.0. The molecule has 1 unspecified atom stereocenters. The lowest BCUT2D eigenvalue weighted by Gasteiger charge is -2.18. The molecular formula is C19H20N4. The number of aromatic nitrogens is 3. The predicted octanol–water partition coefficient (Wildman–Crippen LogP) is 3.88. The van der Waals surface area contributed by atoms with Crippen LogP contribution < -0.4 is 5.32 Å². The fourth-order valence-corrected chi connectivity index (χ4v) is 2.45. The van der Waals surface area contributed by atoms with E-state index in [-0.39, 0.29) is 6.04 Å². The summed E-state index contributed by atoms with van der Waals surface area (Å²) in [6.45, 7) is 4.06. The van der Waals surface area contributed by atoms with Gasteiger partial charge in [-0.15, -0.1) is 0 Å². The molecule has 0 bridgehead atoms. The van der Waals surface area contributed by atoms with Crippen molar-refractivity contribution >= 4 is 5.95 Å². The first kappa shape index (κ1) is 15.2. The van der Waals surface area contributed by atoms with Crippen LogP contribution in [0.4, 0.5) is 5.95 Å². The van der Waals surface area contributed by atoms with Gasteiger partial charge in [-0.25, -0.2) is 9.97 Å². The number of pyridine rings is 1. The molecule has 0 spiro atoms. The molecule has 0 aliphatic rings. The van der Waals surface area contributed by atoms with Crippen LogP contribution in [-0.4, -0.2) is 15.0 Å². The predicted molar refractivity (Wildman–Crippen MR) is 92.3 cm³/mol. The van der Waals surface area contributed by atoms with Gasteiger partial charge in [0.1, 0.15) is 0 Å². The zero-order valence-corrected chi connectivity index (χ0v) is 13.4. The Bertz CT molecular complexity index is 754. The van der Waals surface area contributed by atoms with Crippen molar-refractivity contribution < 1.29 is 0 Å². The van der Waals surface area contributed by atoms with Crippen LogP contribution in [0.25, 0.3) is 0 Å². The van der Waals surface area contributed by atoms with Crippen LogP contribution >= 0.6 is 0 Å². The minimum atomic E-state index is 0.0284. The van der Waals surface area contributed by atoms with Gasteiger partial charge in [-0.05, 0) is 44.0 Å². The molecule has 4 nitrogen and oxygen atoms in total. The van der Waals surface area contributed by atoms with Gasteiger partial charge in [0.2, 0.25) is 5.95 Å². The Kier molecular flexibility index (Phi) is 4.62. The first-order valence-electron chi connectivity index (χ1n) is 7.73. The molecule has 2 aromatic heterocycles. The highest BCUT2D eigenvalue weighted by Gasteiger charge is 2.15. The molecule has 0 amide bonds. The Hall–Kier alpha value is -2.75. The number of nitrogens with zero attached hydrogens (tertiary/aromatic N) is 3. The normalized spacial score (nSPS) is 11.9.